The van der Waals surface area contributed by atoms with E-state index in [0.717, 1.165) is 41.8 Å². The van der Waals surface area contributed by atoms with Gasteiger partial charge in [0.25, 0.3) is 5.91 Å². The summed E-state index contributed by atoms with van der Waals surface area (Å²) in [5, 5.41) is 5.45. The third-order valence-electron chi connectivity index (χ3n) is 5.59. The van der Waals surface area contributed by atoms with Gasteiger partial charge in [0.15, 0.2) is 11.7 Å². The number of nitrogens with one attached hydrogen (secondary N) is 1. The minimum absolute atomic E-state index is 0.0349. The Morgan fingerprint density at radius 1 is 1.20 bits per heavy atom. The maximum Gasteiger partial charge on any atom is 0.265 e. The van der Waals surface area contributed by atoms with Crippen molar-refractivity contribution in [1.29, 1.82) is 0 Å². The highest BCUT2D eigenvalue weighted by Crippen LogP contribution is 2.37. The van der Waals surface area contributed by atoms with Gasteiger partial charge in [-0.2, -0.15) is 0 Å². The molecule has 7 heteroatoms. The van der Waals surface area contributed by atoms with Gasteiger partial charge < -0.3 is 15.0 Å². The molecular formula is C23H21N3O3S. The number of hydrogen-bond donors (Lipinski definition) is 1. The molecule has 0 atom stereocenters. The lowest BCUT2D eigenvalue weighted by Crippen LogP contribution is -2.38. The summed E-state index contributed by atoms with van der Waals surface area (Å²) >= 11 is 1.41. The van der Waals surface area contributed by atoms with E-state index in [2.05, 4.69) is 10.3 Å². The molecule has 2 amide bonds. The van der Waals surface area contributed by atoms with Crippen LogP contribution in [0.5, 0.6) is 5.75 Å². The molecule has 0 saturated heterocycles. The van der Waals surface area contributed by atoms with Crippen molar-refractivity contribution in [2.45, 2.75) is 25.8 Å². The highest BCUT2D eigenvalue weighted by Gasteiger charge is 2.27. The first-order chi connectivity index (χ1) is 14.7. The number of aromatic nitrogens is 1. The molecule has 2 heterocycles. The molecule has 5 rings (SSSR count). The van der Waals surface area contributed by atoms with Crippen LogP contribution in [-0.4, -0.2) is 23.4 Å². The van der Waals surface area contributed by atoms with E-state index in [9.17, 15) is 9.59 Å². The molecule has 1 aliphatic carbocycles. The van der Waals surface area contributed by atoms with Crippen LogP contribution < -0.4 is 15.0 Å². The zero-order chi connectivity index (χ0) is 20.5. The lowest BCUT2D eigenvalue weighted by molar-refractivity contribution is -0.122. The number of benzene rings is 2. The molecule has 0 radical (unpaired) electrons. The number of fused-ring (bicyclic) bond motifs is 1. The number of nitrogens with zero attached hydrogens (tertiary/aromatic N) is 2. The predicted octanol–water partition coefficient (Wildman–Crippen LogP) is 4.47. The van der Waals surface area contributed by atoms with E-state index in [1.165, 1.54) is 11.3 Å². The highest BCUT2D eigenvalue weighted by atomic mass is 32.1. The summed E-state index contributed by atoms with van der Waals surface area (Å²) in [5.74, 6) is 0.787. The Balaban J connectivity index is 1.40. The van der Waals surface area contributed by atoms with Gasteiger partial charge in [-0.15, -0.1) is 11.3 Å². The van der Waals surface area contributed by atoms with Crippen molar-refractivity contribution in [2.75, 3.05) is 16.8 Å². The van der Waals surface area contributed by atoms with E-state index in [0.29, 0.717) is 17.4 Å². The molecule has 0 bridgehead atoms. The summed E-state index contributed by atoms with van der Waals surface area (Å²) < 4.78 is 5.63. The molecule has 1 saturated carbocycles. The standard InChI is InChI=1S/C23H21N3O3S/c27-21-13-29-20-10-9-17(11-19(20)26(21)12-15-5-2-1-3-6-15)18-14-30-23(24-18)25-22(28)16-7-4-8-16/h1-3,5-6,9-11,14,16H,4,7-8,12-13H2,(H,24,25,28). The Bertz CT molecular complexity index is 1090. The number of rotatable bonds is 5. The second-order valence-corrected chi connectivity index (χ2v) is 8.45. The van der Waals surface area contributed by atoms with Gasteiger partial charge in [0.2, 0.25) is 5.91 Å². The van der Waals surface area contributed by atoms with Crippen LogP contribution in [0.4, 0.5) is 10.8 Å². The third kappa shape index (κ3) is 3.68. The molecule has 1 aromatic heterocycles. The van der Waals surface area contributed by atoms with Crippen molar-refractivity contribution in [2.24, 2.45) is 5.92 Å². The van der Waals surface area contributed by atoms with E-state index in [1.54, 1.807) is 4.90 Å². The van der Waals surface area contributed by atoms with Gasteiger partial charge in [0, 0.05) is 16.9 Å². The summed E-state index contributed by atoms with van der Waals surface area (Å²) in [4.78, 5) is 31.1. The number of anilines is 2. The number of carbonyl (C=O) groups excluding carboxylic acids is 2. The van der Waals surface area contributed by atoms with Crippen LogP contribution in [0.2, 0.25) is 0 Å². The number of ether oxygens (including phenoxy) is 1. The summed E-state index contributed by atoms with van der Waals surface area (Å²) in [7, 11) is 0. The summed E-state index contributed by atoms with van der Waals surface area (Å²) in [5.41, 5.74) is 3.44. The Morgan fingerprint density at radius 3 is 2.80 bits per heavy atom. The van der Waals surface area contributed by atoms with Gasteiger partial charge >= 0.3 is 0 Å². The number of amides is 2. The minimum Gasteiger partial charge on any atom is -0.482 e. The maximum absolute atomic E-state index is 12.6. The Kier molecular flexibility index (Phi) is 4.96. The minimum atomic E-state index is -0.0739. The molecule has 152 valence electrons. The fraction of sp³-hybridized carbons (Fsp3) is 0.261. The number of thiazole rings is 1. The summed E-state index contributed by atoms with van der Waals surface area (Å²) in [6.45, 7) is 0.520. The molecule has 2 aliphatic rings. The van der Waals surface area contributed by atoms with Crippen LogP contribution in [0.1, 0.15) is 24.8 Å². The van der Waals surface area contributed by atoms with Gasteiger partial charge in [0.05, 0.1) is 17.9 Å². The second kappa shape index (κ2) is 7.91. The van der Waals surface area contributed by atoms with E-state index >= 15 is 0 Å². The lowest BCUT2D eigenvalue weighted by Gasteiger charge is -2.29. The first-order valence-electron chi connectivity index (χ1n) is 10.1. The van der Waals surface area contributed by atoms with E-state index in [4.69, 9.17) is 4.74 Å². The number of hydrogen-bond acceptors (Lipinski definition) is 5. The Morgan fingerprint density at radius 2 is 2.03 bits per heavy atom. The molecule has 3 aromatic rings. The molecule has 1 fully saturated rings. The van der Waals surface area contributed by atoms with Gasteiger partial charge in [-0.25, -0.2) is 4.98 Å². The number of carbonyl (C=O) groups is 2. The van der Waals surface area contributed by atoms with Crippen LogP contribution in [0.15, 0.2) is 53.9 Å². The fourth-order valence-corrected chi connectivity index (χ4v) is 4.37. The first-order valence-corrected chi connectivity index (χ1v) is 10.9. The summed E-state index contributed by atoms with van der Waals surface area (Å²) in [6, 6.07) is 15.6. The molecule has 30 heavy (non-hydrogen) atoms. The van der Waals surface area contributed by atoms with Crippen molar-refractivity contribution < 1.29 is 14.3 Å². The van der Waals surface area contributed by atoms with Gasteiger partial charge in [-0.1, -0.05) is 36.8 Å². The molecule has 0 unspecified atom stereocenters. The van der Waals surface area contributed by atoms with Gasteiger partial charge in [-0.05, 0) is 36.6 Å². The molecular weight excluding hydrogens is 398 g/mol. The Hall–Kier alpha value is -3.19. The predicted molar refractivity (Wildman–Crippen MR) is 117 cm³/mol. The third-order valence-corrected chi connectivity index (χ3v) is 6.35. The maximum atomic E-state index is 12.6. The smallest absolute Gasteiger partial charge is 0.265 e. The average molecular weight is 420 g/mol. The molecule has 2 aromatic carbocycles. The Labute approximate surface area is 178 Å². The van der Waals surface area contributed by atoms with E-state index in [-0.39, 0.29) is 24.3 Å². The zero-order valence-corrected chi connectivity index (χ0v) is 17.2. The lowest BCUT2D eigenvalue weighted by atomic mass is 9.85. The van der Waals surface area contributed by atoms with E-state index in [1.807, 2.05) is 53.9 Å². The highest BCUT2D eigenvalue weighted by molar-refractivity contribution is 7.14. The second-order valence-electron chi connectivity index (χ2n) is 7.59. The van der Waals surface area contributed by atoms with Crippen LogP contribution >= 0.6 is 11.3 Å². The van der Waals surface area contributed by atoms with Crippen molar-refractivity contribution >= 4 is 34.0 Å². The molecule has 0 spiro atoms. The fourth-order valence-electron chi connectivity index (χ4n) is 3.64. The summed E-state index contributed by atoms with van der Waals surface area (Å²) in [6.07, 6.45) is 3.04. The van der Waals surface area contributed by atoms with E-state index < -0.39 is 0 Å². The van der Waals surface area contributed by atoms with Gasteiger partial charge in [0.1, 0.15) is 5.75 Å². The zero-order valence-electron chi connectivity index (χ0n) is 16.3. The van der Waals surface area contributed by atoms with Crippen molar-refractivity contribution in [3.63, 3.8) is 0 Å². The monoisotopic (exact) mass is 419 g/mol. The molecule has 1 N–H and O–H groups in total. The molecule has 1 aliphatic heterocycles. The molecule has 6 nitrogen and oxygen atoms in total. The van der Waals surface area contributed by atoms with Crippen LogP contribution in [0.3, 0.4) is 0 Å². The largest absolute Gasteiger partial charge is 0.482 e. The first kappa shape index (κ1) is 18.8. The normalized spacial score (nSPS) is 15.9. The van der Waals surface area contributed by atoms with Crippen molar-refractivity contribution in [3.05, 3.63) is 59.5 Å². The topological polar surface area (TPSA) is 71.5 Å². The SMILES string of the molecule is O=C(Nc1nc(-c2ccc3c(c2)N(Cc2ccccc2)C(=O)CO3)cs1)C1CCC1. The van der Waals surface area contributed by atoms with Crippen molar-refractivity contribution in [1.82, 2.24) is 4.98 Å². The average Bonchev–Trinajstić information content (AvgIpc) is 3.17. The quantitative estimate of drug-likeness (QED) is 0.662. The van der Waals surface area contributed by atoms with Crippen LogP contribution in [-0.2, 0) is 16.1 Å². The van der Waals surface area contributed by atoms with Crippen LogP contribution in [0.25, 0.3) is 11.3 Å². The van der Waals surface area contributed by atoms with Crippen molar-refractivity contribution in [3.8, 4) is 17.0 Å². The van der Waals surface area contributed by atoms with Gasteiger partial charge in [-0.3, -0.25) is 9.59 Å². The van der Waals surface area contributed by atoms with Crippen LogP contribution in [0, 0.1) is 5.92 Å².